The monoisotopic (exact) mass is 302 g/mol. The van der Waals surface area contributed by atoms with Gasteiger partial charge in [0.1, 0.15) is 16.5 Å². The van der Waals surface area contributed by atoms with Gasteiger partial charge in [-0.1, -0.05) is 11.6 Å². The first-order chi connectivity index (χ1) is 8.90. The fraction of sp³-hybridized carbons (Fsp3) is 0. The molecule has 0 aliphatic rings. The molecule has 0 saturated carbocycles. The molecule has 0 fully saturated rings. The molecule has 100 valence electrons. The van der Waals surface area contributed by atoms with E-state index in [4.69, 9.17) is 11.6 Å². The van der Waals surface area contributed by atoms with E-state index in [0.29, 0.717) is 0 Å². The average molecular weight is 303 g/mol. The zero-order chi connectivity index (χ0) is 14.0. The molecule has 0 aliphatic heterocycles. The quantitative estimate of drug-likeness (QED) is 0.853. The lowest BCUT2D eigenvalue weighted by Crippen LogP contribution is -2.13. The lowest BCUT2D eigenvalue weighted by Gasteiger charge is -2.10. The number of hydrogen-bond acceptors (Lipinski definition) is 4. The molecule has 0 spiro atoms. The van der Waals surface area contributed by atoms with Gasteiger partial charge in [-0.25, -0.2) is 12.8 Å². The largest absolute Gasteiger partial charge is 0.506 e. The highest BCUT2D eigenvalue weighted by Crippen LogP contribution is 2.30. The zero-order valence-corrected chi connectivity index (χ0v) is 10.9. The number of hydrogen-bond donors (Lipinski definition) is 2. The van der Waals surface area contributed by atoms with Crippen LogP contribution in [0.15, 0.2) is 41.6 Å². The van der Waals surface area contributed by atoms with Gasteiger partial charge in [0, 0.05) is 18.5 Å². The molecular weight excluding hydrogens is 295 g/mol. The van der Waals surface area contributed by atoms with Crippen LogP contribution >= 0.6 is 11.6 Å². The molecule has 2 N–H and O–H groups in total. The van der Waals surface area contributed by atoms with Gasteiger partial charge in [-0.15, -0.1) is 0 Å². The highest BCUT2D eigenvalue weighted by molar-refractivity contribution is 7.92. The number of benzene rings is 1. The van der Waals surface area contributed by atoms with Gasteiger partial charge in [-0.3, -0.25) is 9.71 Å². The van der Waals surface area contributed by atoms with Crippen molar-refractivity contribution < 1.29 is 17.9 Å². The third kappa shape index (κ3) is 2.94. The standard InChI is InChI=1S/C11H8ClFN2O3S/c12-8-4-10(11(16)5-9(8)13)15-19(17,18)7-2-1-3-14-6-7/h1-6,15-16H. The summed E-state index contributed by atoms with van der Waals surface area (Å²) in [4.78, 5) is 3.59. The van der Waals surface area contributed by atoms with Crippen molar-refractivity contribution in [2.45, 2.75) is 4.90 Å². The van der Waals surface area contributed by atoms with Crippen molar-refractivity contribution in [1.82, 2.24) is 4.98 Å². The van der Waals surface area contributed by atoms with Crippen molar-refractivity contribution in [1.29, 1.82) is 0 Å². The van der Waals surface area contributed by atoms with Gasteiger partial charge in [0.15, 0.2) is 0 Å². The van der Waals surface area contributed by atoms with E-state index in [-0.39, 0.29) is 15.6 Å². The van der Waals surface area contributed by atoms with Crippen LogP contribution in [0.25, 0.3) is 0 Å². The number of nitrogens with zero attached hydrogens (tertiary/aromatic N) is 1. The minimum Gasteiger partial charge on any atom is -0.506 e. The van der Waals surface area contributed by atoms with Gasteiger partial charge >= 0.3 is 0 Å². The van der Waals surface area contributed by atoms with E-state index in [1.807, 2.05) is 0 Å². The Morgan fingerprint density at radius 1 is 1.37 bits per heavy atom. The third-order valence-corrected chi connectivity index (χ3v) is 3.87. The average Bonchev–Trinajstić information content (AvgIpc) is 2.37. The van der Waals surface area contributed by atoms with Crippen molar-refractivity contribution in [2.75, 3.05) is 4.72 Å². The first kappa shape index (κ1) is 13.6. The summed E-state index contributed by atoms with van der Waals surface area (Å²) in [6, 6.07) is 4.49. The Morgan fingerprint density at radius 3 is 2.74 bits per heavy atom. The van der Waals surface area contributed by atoms with Crippen LogP contribution in [0.3, 0.4) is 0 Å². The van der Waals surface area contributed by atoms with Crippen LogP contribution in [0.2, 0.25) is 5.02 Å². The molecule has 0 aliphatic carbocycles. The van der Waals surface area contributed by atoms with Crippen LogP contribution in [-0.2, 0) is 10.0 Å². The van der Waals surface area contributed by atoms with Crippen LogP contribution < -0.4 is 4.72 Å². The topological polar surface area (TPSA) is 79.3 Å². The molecule has 19 heavy (non-hydrogen) atoms. The van der Waals surface area contributed by atoms with Gasteiger partial charge in [-0.2, -0.15) is 0 Å². The normalized spacial score (nSPS) is 11.3. The summed E-state index contributed by atoms with van der Waals surface area (Å²) in [7, 11) is -3.92. The summed E-state index contributed by atoms with van der Waals surface area (Å²) >= 11 is 5.53. The highest BCUT2D eigenvalue weighted by atomic mass is 35.5. The van der Waals surface area contributed by atoms with E-state index in [1.54, 1.807) is 0 Å². The van der Waals surface area contributed by atoms with Gasteiger partial charge in [-0.05, 0) is 18.2 Å². The third-order valence-electron chi connectivity index (χ3n) is 2.23. The first-order valence-corrected chi connectivity index (χ1v) is 6.87. The van der Waals surface area contributed by atoms with E-state index in [2.05, 4.69) is 9.71 Å². The van der Waals surface area contributed by atoms with Crippen molar-refractivity contribution >= 4 is 27.3 Å². The number of aromatic nitrogens is 1. The Hall–Kier alpha value is -1.86. The molecule has 0 amide bonds. The zero-order valence-electron chi connectivity index (χ0n) is 9.34. The molecular formula is C11H8ClFN2O3S. The number of halogens is 2. The summed E-state index contributed by atoms with van der Waals surface area (Å²) in [6.45, 7) is 0. The molecule has 0 saturated heterocycles. The van der Waals surface area contributed by atoms with Crippen molar-refractivity contribution in [3.05, 3.63) is 47.5 Å². The molecule has 0 bridgehead atoms. The number of anilines is 1. The van der Waals surface area contributed by atoms with Gasteiger partial charge in [0.05, 0.1) is 10.7 Å². The molecule has 1 aromatic heterocycles. The molecule has 0 unspecified atom stereocenters. The Bertz CT molecular complexity index is 707. The van der Waals surface area contributed by atoms with Crippen molar-refractivity contribution in [2.24, 2.45) is 0 Å². The van der Waals surface area contributed by atoms with Gasteiger partial charge in [0.2, 0.25) is 0 Å². The molecule has 8 heteroatoms. The molecule has 0 radical (unpaired) electrons. The molecule has 2 rings (SSSR count). The lowest BCUT2D eigenvalue weighted by atomic mass is 10.3. The molecule has 0 atom stereocenters. The highest BCUT2D eigenvalue weighted by Gasteiger charge is 2.17. The second-order valence-electron chi connectivity index (χ2n) is 3.58. The Balaban J connectivity index is 2.39. The minimum absolute atomic E-state index is 0.0881. The summed E-state index contributed by atoms with van der Waals surface area (Å²) < 4.78 is 39.0. The lowest BCUT2D eigenvalue weighted by molar-refractivity contribution is 0.471. The van der Waals surface area contributed by atoms with Gasteiger partial charge in [0.25, 0.3) is 10.0 Å². The fourth-order valence-corrected chi connectivity index (χ4v) is 2.52. The first-order valence-electron chi connectivity index (χ1n) is 5.01. The number of phenolic OH excluding ortho intramolecular Hbond substituents is 1. The number of sulfonamides is 1. The second-order valence-corrected chi connectivity index (χ2v) is 5.67. The van der Waals surface area contributed by atoms with Crippen LogP contribution in [0.5, 0.6) is 5.75 Å². The minimum atomic E-state index is -3.92. The maximum atomic E-state index is 13.0. The number of aromatic hydroxyl groups is 1. The number of pyridine rings is 1. The van der Waals surface area contributed by atoms with E-state index in [1.165, 1.54) is 18.3 Å². The maximum Gasteiger partial charge on any atom is 0.263 e. The Kier molecular flexibility index (Phi) is 3.59. The van der Waals surface area contributed by atoms with Crippen LogP contribution in [0, 0.1) is 5.82 Å². The van der Waals surface area contributed by atoms with E-state index in [9.17, 15) is 17.9 Å². The van der Waals surface area contributed by atoms with Crippen LogP contribution in [0.4, 0.5) is 10.1 Å². The predicted octanol–water partition coefficient (Wildman–Crippen LogP) is 2.38. The molecule has 1 aromatic carbocycles. The molecule has 5 nitrogen and oxygen atoms in total. The summed E-state index contributed by atoms with van der Waals surface area (Å²) in [5.41, 5.74) is -0.213. The van der Waals surface area contributed by atoms with E-state index >= 15 is 0 Å². The summed E-state index contributed by atoms with van der Waals surface area (Å²) in [5.74, 6) is -1.40. The van der Waals surface area contributed by atoms with Crippen molar-refractivity contribution in [3.63, 3.8) is 0 Å². The smallest absolute Gasteiger partial charge is 0.263 e. The Labute approximate surface area is 113 Å². The predicted molar refractivity (Wildman–Crippen MR) is 68.1 cm³/mol. The molecule has 1 heterocycles. The molecule has 2 aromatic rings. The fourth-order valence-electron chi connectivity index (χ4n) is 1.33. The van der Waals surface area contributed by atoms with Crippen LogP contribution in [-0.4, -0.2) is 18.5 Å². The summed E-state index contributed by atoms with van der Waals surface area (Å²) in [5, 5.41) is 9.18. The Morgan fingerprint density at radius 2 is 2.11 bits per heavy atom. The second kappa shape index (κ2) is 5.02. The SMILES string of the molecule is O=S(=O)(Nc1cc(Cl)c(F)cc1O)c1cccnc1. The van der Waals surface area contributed by atoms with E-state index in [0.717, 1.165) is 18.3 Å². The van der Waals surface area contributed by atoms with Crippen LogP contribution in [0.1, 0.15) is 0 Å². The number of phenols is 1. The van der Waals surface area contributed by atoms with Crippen molar-refractivity contribution in [3.8, 4) is 5.75 Å². The number of nitrogens with one attached hydrogen (secondary N) is 1. The maximum absolute atomic E-state index is 13.0. The number of rotatable bonds is 3. The van der Waals surface area contributed by atoms with E-state index < -0.39 is 21.6 Å². The van der Waals surface area contributed by atoms with Gasteiger partial charge < -0.3 is 5.11 Å². The summed E-state index contributed by atoms with van der Waals surface area (Å²) in [6.07, 6.45) is 2.57.